The second-order valence-corrected chi connectivity index (χ2v) is 6.14. The minimum absolute atomic E-state index is 0.303. The molecule has 0 aliphatic rings. The van der Waals surface area contributed by atoms with Gasteiger partial charge >= 0.3 is 0 Å². The van der Waals surface area contributed by atoms with Gasteiger partial charge in [0.2, 0.25) is 0 Å². The zero-order valence-corrected chi connectivity index (χ0v) is 12.9. The Kier molecular flexibility index (Phi) is 4.47. The van der Waals surface area contributed by atoms with Gasteiger partial charge in [0.15, 0.2) is 0 Å². The maximum Gasteiger partial charge on any atom is 0.0438 e. The minimum Gasteiger partial charge on any atom is -0.0843 e. The number of alkyl halides is 1. The van der Waals surface area contributed by atoms with Crippen molar-refractivity contribution in [2.75, 3.05) is 0 Å². The van der Waals surface area contributed by atoms with Crippen molar-refractivity contribution in [1.82, 2.24) is 0 Å². The molecule has 0 spiro atoms. The summed E-state index contributed by atoms with van der Waals surface area (Å²) in [5.74, 6) is 0. The van der Waals surface area contributed by atoms with Crippen LogP contribution in [0, 0.1) is 13.8 Å². The molecule has 0 saturated heterocycles. The summed E-state index contributed by atoms with van der Waals surface area (Å²) < 4.78 is 0. The van der Waals surface area contributed by atoms with Gasteiger partial charge in [-0.25, -0.2) is 0 Å². The number of benzene rings is 2. The summed E-state index contributed by atoms with van der Waals surface area (Å²) in [7, 11) is 0. The van der Waals surface area contributed by atoms with Gasteiger partial charge in [-0.3, -0.25) is 0 Å². The molecule has 0 aromatic heterocycles. The van der Waals surface area contributed by atoms with E-state index in [1.165, 1.54) is 22.3 Å². The number of rotatable bonds is 3. The van der Waals surface area contributed by atoms with Gasteiger partial charge in [-0.1, -0.05) is 57.9 Å². The molecule has 0 nitrogen and oxygen atoms in total. The molecule has 18 heavy (non-hydrogen) atoms. The van der Waals surface area contributed by atoms with Crippen LogP contribution in [0.1, 0.15) is 27.1 Å². The Morgan fingerprint density at radius 2 is 1.78 bits per heavy atom. The third-order valence-corrected chi connectivity index (χ3v) is 4.29. The molecule has 0 aliphatic heterocycles. The zero-order chi connectivity index (χ0) is 13.1. The molecule has 0 radical (unpaired) electrons. The van der Waals surface area contributed by atoms with Crippen molar-refractivity contribution in [1.29, 1.82) is 0 Å². The van der Waals surface area contributed by atoms with Crippen LogP contribution in [-0.4, -0.2) is 0 Å². The maximum atomic E-state index is 6.07. The average molecular weight is 324 g/mol. The fourth-order valence-corrected chi connectivity index (χ4v) is 3.11. The van der Waals surface area contributed by atoms with Crippen LogP contribution >= 0.6 is 27.5 Å². The fourth-order valence-electron chi connectivity index (χ4n) is 2.09. The van der Waals surface area contributed by atoms with Crippen molar-refractivity contribution in [2.45, 2.75) is 25.1 Å². The van der Waals surface area contributed by atoms with Crippen LogP contribution in [0.4, 0.5) is 0 Å². The molecule has 0 aliphatic carbocycles. The standard InChI is InChI=1S/C16H16BrCl/c1-11-5-3-4-6-13(11)9-16(17)15-10-14(18)8-7-12(15)2/h3-8,10,16H,9H2,1-2H3. The monoisotopic (exact) mass is 322 g/mol. The largest absolute Gasteiger partial charge is 0.0843 e. The van der Waals surface area contributed by atoms with Crippen LogP contribution in [0.25, 0.3) is 0 Å². The van der Waals surface area contributed by atoms with Gasteiger partial charge in [-0.15, -0.1) is 0 Å². The van der Waals surface area contributed by atoms with Crippen LogP contribution in [0.3, 0.4) is 0 Å². The van der Waals surface area contributed by atoms with E-state index in [-0.39, 0.29) is 0 Å². The molecule has 2 aromatic carbocycles. The van der Waals surface area contributed by atoms with Crippen LogP contribution in [0.15, 0.2) is 42.5 Å². The summed E-state index contributed by atoms with van der Waals surface area (Å²) >= 11 is 9.86. The molecule has 0 heterocycles. The fraction of sp³-hybridized carbons (Fsp3) is 0.250. The summed E-state index contributed by atoms with van der Waals surface area (Å²) in [6, 6.07) is 14.6. The van der Waals surface area contributed by atoms with E-state index < -0.39 is 0 Å². The van der Waals surface area contributed by atoms with Crippen molar-refractivity contribution in [2.24, 2.45) is 0 Å². The smallest absolute Gasteiger partial charge is 0.0438 e. The second kappa shape index (κ2) is 5.90. The Morgan fingerprint density at radius 3 is 2.50 bits per heavy atom. The Hall–Kier alpha value is -0.790. The van der Waals surface area contributed by atoms with Gasteiger partial charge in [0.25, 0.3) is 0 Å². The molecular weight excluding hydrogens is 308 g/mol. The van der Waals surface area contributed by atoms with Gasteiger partial charge < -0.3 is 0 Å². The van der Waals surface area contributed by atoms with E-state index in [9.17, 15) is 0 Å². The highest BCUT2D eigenvalue weighted by Crippen LogP contribution is 2.32. The van der Waals surface area contributed by atoms with Gasteiger partial charge in [-0.05, 0) is 54.7 Å². The Bertz CT molecular complexity index is 549. The van der Waals surface area contributed by atoms with Crippen LogP contribution in [-0.2, 0) is 6.42 Å². The summed E-state index contributed by atoms with van der Waals surface area (Å²) in [4.78, 5) is 0.303. The molecular formula is C16H16BrCl. The first-order valence-electron chi connectivity index (χ1n) is 6.02. The molecule has 2 heteroatoms. The normalized spacial score (nSPS) is 12.4. The number of aryl methyl sites for hydroxylation is 2. The predicted molar refractivity (Wildman–Crippen MR) is 82.7 cm³/mol. The van der Waals surface area contributed by atoms with Gasteiger partial charge in [-0.2, -0.15) is 0 Å². The molecule has 1 atom stereocenters. The van der Waals surface area contributed by atoms with Crippen LogP contribution in [0.2, 0.25) is 5.02 Å². The van der Waals surface area contributed by atoms with Crippen LogP contribution < -0.4 is 0 Å². The second-order valence-electron chi connectivity index (χ2n) is 4.60. The first-order valence-corrected chi connectivity index (χ1v) is 7.32. The SMILES string of the molecule is Cc1ccccc1CC(Br)c1cc(Cl)ccc1C. The molecule has 94 valence electrons. The van der Waals surface area contributed by atoms with Crippen LogP contribution in [0.5, 0.6) is 0 Å². The first-order chi connectivity index (χ1) is 8.58. The Balaban J connectivity index is 2.25. The Morgan fingerprint density at radius 1 is 1.06 bits per heavy atom. The van der Waals surface area contributed by atoms with Crippen molar-refractivity contribution in [3.63, 3.8) is 0 Å². The zero-order valence-electron chi connectivity index (χ0n) is 10.6. The van der Waals surface area contributed by atoms with E-state index in [2.05, 4.69) is 66.2 Å². The summed E-state index contributed by atoms with van der Waals surface area (Å²) in [6.45, 7) is 4.28. The molecule has 0 bridgehead atoms. The minimum atomic E-state index is 0.303. The third-order valence-electron chi connectivity index (χ3n) is 3.24. The predicted octanol–water partition coefficient (Wildman–Crippen LogP) is 5.64. The van der Waals surface area contributed by atoms with Crippen molar-refractivity contribution in [3.8, 4) is 0 Å². The topological polar surface area (TPSA) is 0 Å². The molecule has 0 fully saturated rings. The third kappa shape index (κ3) is 3.15. The molecule has 1 unspecified atom stereocenters. The molecule has 0 N–H and O–H groups in total. The Labute approximate surface area is 122 Å². The van der Waals surface area contributed by atoms with E-state index in [0.29, 0.717) is 4.83 Å². The molecule has 2 aromatic rings. The highest BCUT2D eigenvalue weighted by Gasteiger charge is 2.12. The lowest BCUT2D eigenvalue weighted by atomic mass is 9.98. The van der Waals surface area contributed by atoms with E-state index in [1.54, 1.807) is 0 Å². The number of hydrogen-bond acceptors (Lipinski definition) is 0. The van der Waals surface area contributed by atoms with E-state index in [4.69, 9.17) is 11.6 Å². The number of halogens is 2. The lowest BCUT2D eigenvalue weighted by Crippen LogP contribution is -1.99. The molecule has 2 rings (SSSR count). The van der Waals surface area contributed by atoms with Crippen molar-refractivity contribution in [3.05, 3.63) is 69.7 Å². The lowest BCUT2D eigenvalue weighted by molar-refractivity contribution is 0.929. The van der Waals surface area contributed by atoms with E-state index in [0.717, 1.165) is 11.4 Å². The summed E-state index contributed by atoms with van der Waals surface area (Å²) in [5, 5.41) is 0.796. The van der Waals surface area contributed by atoms with E-state index >= 15 is 0 Å². The maximum absolute atomic E-state index is 6.07. The van der Waals surface area contributed by atoms with Crippen molar-refractivity contribution >= 4 is 27.5 Å². The van der Waals surface area contributed by atoms with Gasteiger partial charge in [0.1, 0.15) is 0 Å². The molecule has 0 saturated carbocycles. The van der Waals surface area contributed by atoms with Gasteiger partial charge in [0, 0.05) is 9.85 Å². The van der Waals surface area contributed by atoms with Gasteiger partial charge in [0.05, 0.1) is 0 Å². The number of hydrogen-bond donors (Lipinski definition) is 0. The summed E-state index contributed by atoms with van der Waals surface area (Å²) in [6.07, 6.45) is 0.980. The average Bonchev–Trinajstić information content (AvgIpc) is 2.35. The quantitative estimate of drug-likeness (QED) is 0.642. The lowest BCUT2D eigenvalue weighted by Gasteiger charge is -2.15. The first kappa shape index (κ1) is 13.6. The summed E-state index contributed by atoms with van der Waals surface area (Å²) in [5.41, 5.74) is 5.25. The van der Waals surface area contributed by atoms with Crippen molar-refractivity contribution < 1.29 is 0 Å². The highest BCUT2D eigenvalue weighted by molar-refractivity contribution is 9.09. The van der Waals surface area contributed by atoms with E-state index in [1.807, 2.05) is 6.07 Å². The highest BCUT2D eigenvalue weighted by atomic mass is 79.9. The molecule has 0 amide bonds.